The molecule has 1 aliphatic heterocycles. The normalized spacial score (nSPS) is 14.6. The highest BCUT2D eigenvalue weighted by molar-refractivity contribution is 6.42. The van der Waals surface area contributed by atoms with Gasteiger partial charge in [0.2, 0.25) is 0 Å². The smallest absolute Gasteiger partial charge is 0.265 e. The van der Waals surface area contributed by atoms with Gasteiger partial charge in [0, 0.05) is 12.6 Å². The quantitative estimate of drug-likeness (QED) is 0.833. The average Bonchev–Trinajstić information content (AvgIpc) is 2.60. The number of anilines is 1. The zero-order chi connectivity index (χ0) is 18.0. The van der Waals surface area contributed by atoms with E-state index in [0.29, 0.717) is 34.3 Å². The number of benzene rings is 2. The van der Waals surface area contributed by atoms with Crippen LogP contribution in [0.3, 0.4) is 0 Å². The lowest BCUT2D eigenvalue weighted by atomic mass is 9.99. The summed E-state index contributed by atoms with van der Waals surface area (Å²) in [5.41, 5.74) is 1.73. The summed E-state index contributed by atoms with van der Waals surface area (Å²) < 4.78 is 20.1. The Morgan fingerprint density at radius 2 is 2.08 bits per heavy atom. The number of amides is 1. The highest BCUT2D eigenvalue weighted by Crippen LogP contribution is 2.27. The van der Waals surface area contributed by atoms with E-state index in [4.69, 9.17) is 27.9 Å². The van der Waals surface area contributed by atoms with Crippen LogP contribution in [0.2, 0.25) is 10.0 Å². The van der Waals surface area contributed by atoms with E-state index in [2.05, 4.69) is 10.6 Å². The molecular weight excluding hydrogens is 366 g/mol. The lowest BCUT2D eigenvalue weighted by Crippen LogP contribution is -2.31. The maximum absolute atomic E-state index is 14.6. The minimum absolute atomic E-state index is 0.162. The summed E-state index contributed by atoms with van der Waals surface area (Å²) in [6.45, 7) is 2.94. The van der Waals surface area contributed by atoms with Crippen LogP contribution in [0.5, 0.6) is 5.75 Å². The molecule has 0 saturated heterocycles. The van der Waals surface area contributed by atoms with Crippen molar-refractivity contribution in [1.82, 2.24) is 5.32 Å². The molecule has 1 heterocycles. The van der Waals surface area contributed by atoms with Crippen LogP contribution in [-0.4, -0.2) is 18.6 Å². The Kier molecular flexibility index (Phi) is 5.47. The van der Waals surface area contributed by atoms with E-state index in [1.165, 1.54) is 6.07 Å². The first kappa shape index (κ1) is 18.0. The number of ether oxygens (including phenoxy) is 1. The fourth-order valence-corrected chi connectivity index (χ4v) is 2.96. The zero-order valence-corrected chi connectivity index (χ0v) is 15.0. The molecule has 25 heavy (non-hydrogen) atoms. The molecule has 1 atom stereocenters. The van der Waals surface area contributed by atoms with E-state index in [-0.39, 0.29) is 11.5 Å². The fraction of sp³-hybridized carbons (Fsp3) is 0.278. The van der Waals surface area contributed by atoms with Gasteiger partial charge in [-0.2, -0.15) is 0 Å². The summed E-state index contributed by atoms with van der Waals surface area (Å²) in [4.78, 5) is 12.3. The minimum Gasteiger partial charge on any atom is -0.481 e. The molecule has 1 aliphatic rings. The summed E-state index contributed by atoms with van der Waals surface area (Å²) in [5.74, 6) is -0.415. The molecule has 0 radical (unpaired) electrons. The van der Waals surface area contributed by atoms with E-state index >= 15 is 0 Å². The molecule has 2 N–H and O–H groups in total. The van der Waals surface area contributed by atoms with Crippen LogP contribution in [0.25, 0.3) is 0 Å². The van der Waals surface area contributed by atoms with E-state index < -0.39 is 12.0 Å². The number of nitrogens with one attached hydrogen (secondary N) is 2. The molecule has 3 rings (SSSR count). The van der Waals surface area contributed by atoms with E-state index in [1.54, 1.807) is 25.1 Å². The predicted octanol–water partition coefficient (Wildman–Crippen LogP) is 4.18. The lowest BCUT2D eigenvalue weighted by Gasteiger charge is -2.20. The van der Waals surface area contributed by atoms with Crippen molar-refractivity contribution in [3.63, 3.8) is 0 Å². The van der Waals surface area contributed by atoms with Gasteiger partial charge < -0.3 is 15.4 Å². The van der Waals surface area contributed by atoms with Crippen molar-refractivity contribution in [2.24, 2.45) is 0 Å². The molecular formula is C18H17Cl2FN2O2. The minimum atomic E-state index is -0.825. The molecule has 1 unspecified atom stereocenters. The number of halogens is 3. The summed E-state index contributed by atoms with van der Waals surface area (Å²) in [7, 11) is 0. The van der Waals surface area contributed by atoms with Gasteiger partial charge in [-0.3, -0.25) is 4.79 Å². The van der Waals surface area contributed by atoms with Crippen LogP contribution in [0.15, 0.2) is 30.3 Å². The largest absolute Gasteiger partial charge is 0.481 e. The zero-order valence-electron chi connectivity index (χ0n) is 13.5. The maximum Gasteiger partial charge on any atom is 0.265 e. The summed E-state index contributed by atoms with van der Waals surface area (Å²) in [6.07, 6.45) is -0.227. The monoisotopic (exact) mass is 382 g/mol. The van der Waals surface area contributed by atoms with Crippen LogP contribution in [0.1, 0.15) is 18.1 Å². The Balaban J connectivity index is 1.70. The average molecular weight is 383 g/mol. The Morgan fingerprint density at radius 3 is 2.84 bits per heavy atom. The van der Waals surface area contributed by atoms with Gasteiger partial charge in [0.25, 0.3) is 5.91 Å². The highest BCUT2D eigenvalue weighted by Gasteiger charge is 2.20. The van der Waals surface area contributed by atoms with Crippen LogP contribution >= 0.6 is 23.2 Å². The number of hydrogen-bond donors (Lipinski definition) is 2. The maximum atomic E-state index is 14.6. The Morgan fingerprint density at radius 1 is 1.28 bits per heavy atom. The molecule has 0 saturated carbocycles. The van der Waals surface area contributed by atoms with Crippen LogP contribution in [-0.2, 0) is 17.8 Å². The van der Waals surface area contributed by atoms with Crippen molar-refractivity contribution in [3.8, 4) is 5.75 Å². The first-order valence-corrected chi connectivity index (χ1v) is 8.65. The Hall–Kier alpha value is -1.82. The van der Waals surface area contributed by atoms with Crippen molar-refractivity contribution >= 4 is 34.8 Å². The Labute approximate surface area is 155 Å². The molecule has 132 valence electrons. The number of rotatable bonds is 4. The molecule has 2 aromatic rings. The Bertz CT molecular complexity index is 814. The third kappa shape index (κ3) is 4.06. The molecule has 0 aromatic heterocycles. The molecule has 0 aliphatic carbocycles. The van der Waals surface area contributed by atoms with Crippen molar-refractivity contribution < 1.29 is 13.9 Å². The molecule has 0 fully saturated rings. The van der Waals surface area contributed by atoms with Gasteiger partial charge in [0.1, 0.15) is 11.6 Å². The topological polar surface area (TPSA) is 50.4 Å². The lowest BCUT2D eigenvalue weighted by molar-refractivity contribution is -0.122. The number of carbonyl (C=O) groups is 1. The van der Waals surface area contributed by atoms with Gasteiger partial charge in [0.15, 0.2) is 6.10 Å². The molecule has 2 aromatic carbocycles. The number of hydrogen-bond acceptors (Lipinski definition) is 3. The summed E-state index contributed by atoms with van der Waals surface area (Å²) in [6, 6.07) is 8.13. The third-order valence-electron chi connectivity index (χ3n) is 4.04. The van der Waals surface area contributed by atoms with E-state index in [0.717, 1.165) is 12.1 Å². The second kappa shape index (κ2) is 7.60. The fourth-order valence-electron chi connectivity index (χ4n) is 2.67. The van der Waals surface area contributed by atoms with Crippen molar-refractivity contribution in [2.75, 3.05) is 11.9 Å². The van der Waals surface area contributed by atoms with Gasteiger partial charge in [-0.1, -0.05) is 29.3 Å². The van der Waals surface area contributed by atoms with Crippen LogP contribution in [0, 0.1) is 5.82 Å². The first-order valence-electron chi connectivity index (χ1n) is 7.89. The van der Waals surface area contributed by atoms with Gasteiger partial charge in [-0.15, -0.1) is 0 Å². The SMILES string of the molecule is CC(Oc1ccc(Cl)c(Cl)c1)C(=O)Nc1ccc2c(c1F)CCNC2. The molecule has 7 heteroatoms. The van der Waals surface area contributed by atoms with E-state index in [1.807, 2.05) is 6.07 Å². The second-order valence-electron chi connectivity index (χ2n) is 5.82. The van der Waals surface area contributed by atoms with Gasteiger partial charge >= 0.3 is 0 Å². The van der Waals surface area contributed by atoms with Crippen molar-refractivity contribution in [3.05, 3.63) is 57.3 Å². The van der Waals surface area contributed by atoms with Crippen molar-refractivity contribution in [1.29, 1.82) is 0 Å². The van der Waals surface area contributed by atoms with Gasteiger partial charge in [-0.25, -0.2) is 4.39 Å². The second-order valence-corrected chi connectivity index (χ2v) is 6.63. The predicted molar refractivity (Wildman–Crippen MR) is 97.0 cm³/mol. The molecule has 0 bridgehead atoms. The van der Waals surface area contributed by atoms with Gasteiger partial charge in [0.05, 0.1) is 15.7 Å². The number of carbonyl (C=O) groups excluding carboxylic acids is 1. The first-order chi connectivity index (χ1) is 12.0. The van der Waals surface area contributed by atoms with Gasteiger partial charge in [-0.05, 0) is 49.2 Å². The summed E-state index contributed by atoms with van der Waals surface area (Å²) >= 11 is 11.8. The molecule has 1 amide bonds. The van der Waals surface area contributed by atoms with E-state index in [9.17, 15) is 9.18 Å². The standard InChI is InChI=1S/C18H17Cl2FN2O2/c1-10(25-12-3-4-14(19)15(20)8-12)18(24)23-16-5-2-11-9-22-7-6-13(11)17(16)21/h2-5,8,10,22H,6-7,9H2,1H3,(H,23,24). The number of fused-ring (bicyclic) bond motifs is 1. The van der Waals surface area contributed by atoms with Crippen molar-refractivity contribution in [2.45, 2.75) is 26.0 Å². The summed E-state index contributed by atoms with van der Waals surface area (Å²) in [5, 5.41) is 6.51. The highest BCUT2D eigenvalue weighted by atomic mass is 35.5. The van der Waals surface area contributed by atoms with Crippen LogP contribution in [0.4, 0.5) is 10.1 Å². The third-order valence-corrected chi connectivity index (χ3v) is 4.78. The van der Waals surface area contributed by atoms with Crippen LogP contribution < -0.4 is 15.4 Å². The molecule has 0 spiro atoms. The molecule has 4 nitrogen and oxygen atoms in total.